The van der Waals surface area contributed by atoms with E-state index >= 15 is 0 Å². The molecule has 6 heteroatoms. The first kappa shape index (κ1) is 20.6. The molecule has 1 N–H and O–H groups in total. The fourth-order valence-electron chi connectivity index (χ4n) is 5.07. The lowest BCUT2D eigenvalue weighted by atomic mass is 9.86. The number of benzene rings is 3. The first-order valence-corrected chi connectivity index (χ1v) is 11.1. The highest BCUT2D eigenvalue weighted by atomic mass is 79.9. The van der Waals surface area contributed by atoms with Gasteiger partial charge in [-0.25, -0.2) is 0 Å². The van der Waals surface area contributed by atoms with E-state index in [9.17, 15) is 14.4 Å². The summed E-state index contributed by atoms with van der Waals surface area (Å²) >= 11 is 3.38. The average molecular weight is 490 g/mol. The van der Waals surface area contributed by atoms with Gasteiger partial charge in [0, 0.05) is 28.1 Å². The predicted molar refractivity (Wildman–Crippen MR) is 122 cm³/mol. The number of esters is 1. The Morgan fingerprint density at radius 1 is 0.969 bits per heavy atom. The molecule has 2 aliphatic rings. The van der Waals surface area contributed by atoms with Crippen molar-refractivity contribution >= 4 is 33.6 Å². The van der Waals surface area contributed by atoms with E-state index in [2.05, 4.69) is 21.2 Å². The van der Waals surface area contributed by atoms with Gasteiger partial charge in [-0.05, 0) is 30.7 Å². The van der Waals surface area contributed by atoms with Crippen LogP contribution in [0.15, 0.2) is 83.3 Å². The van der Waals surface area contributed by atoms with Crippen LogP contribution in [0.3, 0.4) is 0 Å². The number of carbonyl (C=O) groups is 3. The first-order chi connectivity index (χ1) is 15.4. The van der Waals surface area contributed by atoms with Gasteiger partial charge >= 0.3 is 5.97 Å². The summed E-state index contributed by atoms with van der Waals surface area (Å²) in [7, 11) is 0. The smallest absolute Gasteiger partial charge is 0.328 e. The van der Waals surface area contributed by atoms with Crippen molar-refractivity contribution < 1.29 is 19.1 Å². The van der Waals surface area contributed by atoms with Gasteiger partial charge in [0.05, 0.1) is 5.41 Å². The van der Waals surface area contributed by atoms with Gasteiger partial charge < -0.3 is 10.1 Å². The lowest BCUT2D eigenvalue weighted by Gasteiger charge is -2.23. The highest BCUT2D eigenvalue weighted by molar-refractivity contribution is 9.10. The molecule has 5 rings (SSSR count). The normalized spacial score (nSPS) is 25.2. The summed E-state index contributed by atoms with van der Waals surface area (Å²) in [6, 6.07) is 23.5. The van der Waals surface area contributed by atoms with Crippen LogP contribution in [0.25, 0.3) is 0 Å². The van der Waals surface area contributed by atoms with E-state index in [1.54, 1.807) is 43.3 Å². The fourth-order valence-corrected chi connectivity index (χ4v) is 5.34. The van der Waals surface area contributed by atoms with Gasteiger partial charge in [0.15, 0.2) is 11.2 Å². The van der Waals surface area contributed by atoms with E-state index in [1.165, 1.54) is 0 Å². The lowest BCUT2D eigenvalue weighted by Crippen LogP contribution is -2.45. The first-order valence-electron chi connectivity index (χ1n) is 10.3. The van der Waals surface area contributed by atoms with Gasteiger partial charge in [-0.3, -0.25) is 14.4 Å². The molecule has 3 aromatic rings. The maximum atomic E-state index is 13.7. The summed E-state index contributed by atoms with van der Waals surface area (Å²) in [5.41, 5.74) is -0.813. The van der Waals surface area contributed by atoms with E-state index in [-0.39, 0.29) is 12.3 Å². The number of halogens is 1. The molecule has 0 bridgehead atoms. The Labute approximate surface area is 193 Å². The summed E-state index contributed by atoms with van der Waals surface area (Å²) in [5, 5.41) is 2.88. The van der Waals surface area contributed by atoms with Crippen molar-refractivity contribution in [2.45, 2.75) is 19.4 Å². The molecule has 3 atom stereocenters. The SMILES string of the molecule is C[C@]1(C(=O)c2ccc(Br)cc2)[C@H]2c3ccccc3OC(=O)[C@]21C(=O)NCc1ccccc1. The Hall–Kier alpha value is -3.25. The Morgan fingerprint density at radius 2 is 1.62 bits per heavy atom. The fraction of sp³-hybridized carbons (Fsp3) is 0.192. The highest BCUT2D eigenvalue weighted by Gasteiger charge is 2.88. The second-order valence-electron chi connectivity index (χ2n) is 8.38. The standard InChI is InChI=1S/C26H20BrNO4/c1-25(22(29)17-11-13-18(27)14-12-17)21-19-9-5-6-10-20(19)32-24(31)26(21,25)23(30)28-15-16-7-3-2-4-8-16/h2-14,21H,15H2,1H3,(H,28,30)/t21-,25-,26-/m1/s1. The second kappa shape index (κ2) is 7.41. The number of para-hydroxylation sites is 1. The minimum Gasteiger partial charge on any atom is -0.425 e. The zero-order chi connectivity index (χ0) is 22.5. The molecule has 1 fully saturated rings. The molecule has 3 aromatic carbocycles. The number of amides is 1. The van der Waals surface area contributed by atoms with E-state index in [4.69, 9.17) is 4.74 Å². The van der Waals surface area contributed by atoms with Gasteiger partial charge in [-0.15, -0.1) is 0 Å². The van der Waals surface area contributed by atoms with E-state index in [1.807, 2.05) is 42.5 Å². The van der Waals surface area contributed by atoms with Crippen LogP contribution in [0, 0.1) is 10.8 Å². The number of hydrogen-bond acceptors (Lipinski definition) is 4. The van der Waals surface area contributed by atoms with Gasteiger partial charge in [-0.1, -0.05) is 76.6 Å². The Balaban J connectivity index is 1.57. The Kier molecular flexibility index (Phi) is 4.78. The zero-order valence-electron chi connectivity index (χ0n) is 17.3. The van der Waals surface area contributed by atoms with Crippen LogP contribution in [0.1, 0.15) is 34.3 Å². The van der Waals surface area contributed by atoms with Crippen molar-refractivity contribution in [2.75, 3.05) is 0 Å². The average Bonchev–Trinajstić information content (AvgIpc) is 3.41. The molecule has 1 amide bonds. The van der Waals surface area contributed by atoms with E-state index < -0.39 is 28.6 Å². The number of ketones is 1. The predicted octanol–water partition coefficient (Wildman–Crippen LogP) is 4.66. The summed E-state index contributed by atoms with van der Waals surface area (Å²) in [6.07, 6.45) is 0. The van der Waals surface area contributed by atoms with Crippen LogP contribution in [0.2, 0.25) is 0 Å². The Bertz CT molecular complexity index is 1240. The van der Waals surface area contributed by atoms with Crippen molar-refractivity contribution in [2.24, 2.45) is 10.8 Å². The van der Waals surface area contributed by atoms with Crippen LogP contribution < -0.4 is 10.1 Å². The van der Waals surface area contributed by atoms with Gasteiger partial charge in [0.1, 0.15) is 5.75 Å². The highest BCUT2D eigenvalue weighted by Crippen LogP contribution is 2.78. The van der Waals surface area contributed by atoms with E-state index in [0.29, 0.717) is 16.9 Å². The molecule has 0 radical (unpaired) electrons. The molecule has 0 saturated heterocycles. The molecular weight excluding hydrogens is 470 g/mol. The minimum atomic E-state index is -1.61. The molecule has 0 unspecified atom stereocenters. The summed E-state index contributed by atoms with van der Waals surface area (Å²) < 4.78 is 6.44. The van der Waals surface area contributed by atoms with Gasteiger partial charge in [-0.2, -0.15) is 0 Å². The molecule has 32 heavy (non-hydrogen) atoms. The third-order valence-corrected chi connectivity index (χ3v) is 7.26. The summed E-state index contributed by atoms with van der Waals surface area (Å²) in [5.74, 6) is -1.61. The third kappa shape index (κ3) is 2.79. The number of nitrogens with one attached hydrogen (secondary N) is 1. The monoisotopic (exact) mass is 489 g/mol. The molecule has 1 aliphatic carbocycles. The molecule has 1 aliphatic heterocycles. The number of rotatable bonds is 5. The molecule has 0 aromatic heterocycles. The van der Waals surface area contributed by atoms with Crippen molar-refractivity contribution in [3.63, 3.8) is 0 Å². The number of Topliss-reactive ketones (excluding diaryl/α,β-unsaturated/α-hetero) is 1. The third-order valence-electron chi connectivity index (χ3n) is 6.73. The maximum absolute atomic E-state index is 13.7. The molecule has 0 spiro atoms. The van der Waals surface area contributed by atoms with Crippen LogP contribution in [-0.4, -0.2) is 17.7 Å². The minimum absolute atomic E-state index is 0.251. The second-order valence-corrected chi connectivity index (χ2v) is 9.29. The van der Waals surface area contributed by atoms with Gasteiger partial charge in [0.2, 0.25) is 5.91 Å². The summed E-state index contributed by atoms with van der Waals surface area (Å²) in [4.78, 5) is 40.7. The van der Waals surface area contributed by atoms with Crippen molar-refractivity contribution in [3.8, 4) is 5.75 Å². The number of ether oxygens (including phenoxy) is 1. The van der Waals surface area contributed by atoms with Crippen LogP contribution >= 0.6 is 15.9 Å². The quantitative estimate of drug-likeness (QED) is 0.245. The zero-order valence-corrected chi connectivity index (χ0v) is 18.9. The van der Waals surface area contributed by atoms with Crippen LogP contribution in [0.4, 0.5) is 0 Å². The lowest BCUT2D eigenvalue weighted by molar-refractivity contribution is -0.149. The maximum Gasteiger partial charge on any atom is 0.328 e. The molecule has 5 nitrogen and oxygen atoms in total. The largest absolute Gasteiger partial charge is 0.425 e. The van der Waals surface area contributed by atoms with Gasteiger partial charge in [0.25, 0.3) is 0 Å². The summed E-state index contributed by atoms with van der Waals surface area (Å²) in [6.45, 7) is 1.96. The van der Waals surface area contributed by atoms with Crippen LogP contribution in [-0.2, 0) is 16.1 Å². The topological polar surface area (TPSA) is 72.5 Å². The molecule has 1 saturated carbocycles. The van der Waals surface area contributed by atoms with Crippen LogP contribution in [0.5, 0.6) is 5.75 Å². The van der Waals surface area contributed by atoms with Crippen molar-refractivity contribution in [3.05, 3.63) is 100 Å². The number of hydrogen-bond donors (Lipinski definition) is 1. The number of carbonyl (C=O) groups excluding carboxylic acids is 3. The number of fused-ring (bicyclic) bond motifs is 3. The van der Waals surface area contributed by atoms with E-state index in [0.717, 1.165) is 10.0 Å². The molecule has 1 heterocycles. The molecule has 160 valence electrons. The Morgan fingerprint density at radius 3 is 2.34 bits per heavy atom. The van der Waals surface area contributed by atoms with Crippen molar-refractivity contribution in [1.29, 1.82) is 0 Å². The molecular formula is C26H20BrNO4. The van der Waals surface area contributed by atoms with Crippen molar-refractivity contribution in [1.82, 2.24) is 5.32 Å².